The molecule has 0 saturated heterocycles. The van der Waals surface area contributed by atoms with E-state index in [9.17, 15) is 0 Å². The summed E-state index contributed by atoms with van der Waals surface area (Å²) in [5, 5.41) is 7.79. The van der Waals surface area contributed by atoms with Crippen LogP contribution < -0.4 is 0 Å². The number of ether oxygens (including phenoxy) is 1. The Hall–Kier alpha value is -1.24. The minimum atomic E-state index is 0.410. The molecule has 0 unspecified atom stereocenters. The Morgan fingerprint density at radius 2 is 2.40 bits per heavy atom. The van der Waals surface area contributed by atoms with Crippen LogP contribution in [0.1, 0.15) is 29.1 Å². The fraction of sp³-hybridized carbons (Fsp3) is 0.571. The van der Waals surface area contributed by atoms with E-state index in [-0.39, 0.29) is 0 Å². The number of fused-ring (bicyclic) bond motifs is 1. The van der Waals surface area contributed by atoms with Crippen molar-refractivity contribution in [2.75, 3.05) is 19.8 Å². The number of rotatable bonds is 5. The summed E-state index contributed by atoms with van der Waals surface area (Å²) >= 11 is 1.71. The molecular weight excluding hydrogens is 272 g/mol. The number of hydrogen-bond donors (Lipinski definition) is 0. The van der Waals surface area contributed by atoms with Gasteiger partial charge in [-0.3, -0.25) is 9.58 Å². The molecule has 0 bridgehead atoms. The molecule has 0 saturated carbocycles. The van der Waals surface area contributed by atoms with Crippen LogP contribution in [-0.4, -0.2) is 39.4 Å². The van der Waals surface area contributed by atoms with E-state index in [1.165, 1.54) is 16.3 Å². The van der Waals surface area contributed by atoms with Crippen molar-refractivity contribution in [1.29, 1.82) is 0 Å². The highest BCUT2D eigenvalue weighted by Gasteiger charge is 2.28. The third-order valence-electron chi connectivity index (χ3n) is 3.59. The standard InChI is InChI=1S/C14H20N4OS/c1-3-19-10-11-6-18(9-14-15-4-5-20-14)8-13-12(11)7-17(2)16-13/h4-5,7,11H,3,6,8-10H2,1-2H3/t11-/m0/s1. The lowest BCUT2D eigenvalue weighted by Gasteiger charge is -2.31. The Kier molecular flexibility index (Phi) is 4.14. The first kappa shape index (κ1) is 13.7. The molecule has 1 aliphatic rings. The van der Waals surface area contributed by atoms with E-state index < -0.39 is 0 Å². The van der Waals surface area contributed by atoms with E-state index in [1.54, 1.807) is 11.3 Å². The number of aromatic nitrogens is 3. The Labute approximate surface area is 123 Å². The summed E-state index contributed by atoms with van der Waals surface area (Å²) in [4.78, 5) is 6.79. The average molecular weight is 292 g/mol. The monoisotopic (exact) mass is 292 g/mol. The highest BCUT2D eigenvalue weighted by Crippen LogP contribution is 2.28. The first-order valence-electron chi connectivity index (χ1n) is 6.97. The van der Waals surface area contributed by atoms with Crippen molar-refractivity contribution in [3.8, 4) is 0 Å². The molecule has 0 aliphatic carbocycles. The number of thiazole rings is 1. The average Bonchev–Trinajstić information content (AvgIpc) is 3.04. The van der Waals surface area contributed by atoms with Crippen molar-refractivity contribution in [3.63, 3.8) is 0 Å². The van der Waals surface area contributed by atoms with Gasteiger partial charge in [0.05, 0.1) is 18.8 Å². The van der Waals surface area contributed by atoms with Crippen LogP contribution in [0.3, 0.4) is 0 Å². The lowest BCUT2D eigenvalue weighted by Crippen LogP contribution is -2.34. The predicted molar refractivity (Wildman–Crippen MR) is 78.7 cm³/mol. The zero-order valence-electron chi connectivity index (χ0n) is 12.0. The maximum atomic E-state index is 5.65. The highest BCUT2D eigenvalue weighted by molar-refractivity contribution is 7.09. The third-order valence-corrected chi connectivity index (χ3v) is 4.36. The fourth-order valence-electron chi connectivity index (χ4n) is 2.75. The van der Waals surface area contributed by atoms with Crippen molar-refractivity contribution in [3.05, 3.63) is 34.0 Å². The second-order valence-electron chi connectivity index (χ2n) is 5.16. The van der Waals surface area contributed by atoms with Crippen LogP contribution in [0.2, 0.25) is 0 Å². The van der Waals surface area contributed by atoms with Crippen LogP contribution in [0.25, 0.3) is 0 Å². The lowest BCUT2D eigenvalue weighted by molar-refractivity contribution is 0.105. The Morgan fingerprint density at radius 1 is 1.50 bits per heavy atom. The quantitative estimate of drug-likeness (QED) is 0.845. The van der Waals surface area contributed by atoms with Gasteiger partial charge in [0.1, 0.15) is 5.01 Å². The van der Waals surface area contributed by atoms with E-state index >= 15 is 0 Å². The van der Waals surface area contributed by atoms with Gasteiger partial charge in [-0.25, -0.2) is 4.98 Å². The number of nitrogens with zero attached hydrogens (tertiary/aromatic N) is 4. The first-order chi connectivity index (χ1) is 9.76. The van der Waals surface area contributed by atoms with E-state index in [0.717, 1.165) is 32.8 Å². The molecule has 0 aromatic carbocycles. The molecule has 20 heavy (non-hydrogen) atoms. The van der Waals surface area contributed by atoms with Crippen LogP contribution in [0.15, 0.2) is 17.8 Å². The SMILES string of the molecule is CCOC[C@@H]1CN(Cc2nccs2)Cc2nn(C)cc21. The summed E-state index contributed by atoms with van der Waals surface area (Å²) in [5.41, 5.74) is 2.52. The number of aryl methyl sites for hydroxylation is 1. The van der Waals surface area contributed by atoms with E-state index in [0.29, 0.717) is 5.92 Å². The summed E-state index contributed by atoms with van der Waals surface area (Å²) in [7, 11) is 1.99. The smallest absolute Gasteiger partial charge is 0.107 e. The summed E-state index contributed by atoms with van der Waals surface area (Å²) in [6.07, 6.45) is 4.01. The topological polar surface area (TPSA) is 43.2 Å². The molecular formula is C14H20N4OS. The van der Waals surface area contributed by atoms with Crippen LogP contribution in [0.5, 0.6) is 0 Å². The minimum absolute atomic E-state index is 0.410. The molecule has 3 heterocycles. The Balaban J connectivity index is 1.76. The molecule has 0 spiro atoms. The predicted octanol–water partition coefficient (Wildman–Crippen LogP) is 2.01. The summed E-state index contributed by atoms with van der Waals surface area (Å²) < 4.78 is 7.56. The zero-order chi connectivity index (χ0) is 13.9. The van der Waals surface area contributed by atoms with Gasteiger partial charge in [-0.1, -0.05) is 0 Å². The van der Waals surface area contributed by atoms with Gasteiger partial charge in [0, 0.05) is 56.0 Å². The summed E-state index contributed by atoms with van der Waals surface area (Å²) in [6.45, 7) is 6.38. The Morgan fingerprint density at radius 3 is 3.15 bits per heavy atom. The van der Waals surface area contributed by atoms with Gasteiger partial charge in [0.25, 0.3) is 0 Å². The first-order valence-corrected chi connectivity index (χ1v) is 7.85. The molecule has 0 radical (unpaired) electrons. The van der Waals surface area contributed by atoms with E-state index in [4.69, 9.17) is 4.74 Å². The van der Waals surface area contributed by atoms with E-state index in [1.807, 2.05) is 30.2 Å². The zero-order valence-corrected chi connectivity index (χ0v) is 12.8. The summed E-state index contributed by atoms with van der Waals surface area (Å²) in [5.74, 6) is 0.410. The number of hydrogen-bond acceptors (Lipinski definition) is 5. The van der Waals surface area contributed by atoms with Gasteiger partial charge >= 0.3 is 0 Å². The molecule has 0 N–H and O–H groups in total. The normalized spacial score (nSPS) is 19.2. The molecule has 1 atom stereocenters. The third kappa shape index (κ3) is 2.92. The summed E-state index contributed by atoms with van der Waals surface area (Å²) in [6, 6.07) is 0. The Bertz CT molecular complexity index is 552. The largest absolute Gasteiger partial charge is 0.381 e. The molecule has 5 nitrogen and oxygen atoms in total. The maximum absolute atomic E-state index is 5.65. The van der Waals surface area contributed by atoms with Gasteiger partial charge in [-0.05, 0) is 6.92 Å². The maximum Gasteiger partial charge on any atom is 0.107 e. The van der Waals surface area contributed by atoms with Crippen molar-refractivity contribution in [2.45, 2.75) is 25.9 Å². The van der Waals surface area contributed by atoms with Crippen molar-refractivity contribution < 1.29 is 4.74 Å². The molecule has 2 aromatic rings. The molecule has 6 heteroatoms. The molecule has 0 amide bonds. The highest BCUT2D eigenvalue weighted by atomic mass is 32.1. The molecule has 3 rings (SSSR count). The molecule has 2 aromatic heterocycles. The van der Waals surface area contributed by atoms with Gasteiger partial charge in [0.15, 0.2) is 0 Å². The van der Waals surface area contributed by atoms with Crippen LogP contribution in [-0.2, 0) is 24.9 Å². The minimum Gasteiger partial charge on any atom is -0.381 e. The van der Waals surface area contributed by atoms with Crippen LogP contribution in [0.4, 0.5) is 0 Å². The van der Waals surface area contributed by atoms with Gasteiger partial charge < -0.3 is 4.74 Å². The van der Waals surface area contributed by atoms with Crippen LogP contribution >= 0.6 is 11.3 Å². The fourth-order valence-corrected chi connectivity index (χ4v) is 3.41. The van der Waals surface area contributed by atoms with Crippen molar-refractivity contribution >= 4 is 11.3 Å². The lowest BCUT2D eigenvalue weighted by atomic mass is 9.96. The van der Waals surface area contributed by atoms with Crippen molar-refractivity contribution in [2.24, 2.45) is 7.05 Å². The van der Waals surface area contributed by atoms with E-state index in [2.05, 4.69) is 21.2 Å². The van der Waals surface area contributed by atoms with Gasteiger partial charge in [-0.15, -0.1) is 11.3 Å². The van der Waals surface area contributed by atoms with Crippen LogP contribution in [0, 0.1) is 0 Å². The molecule has 1 aliphatic heterocycles. The van der Waals surface area contributed by atoms with Gasteiger partial charge in [0.2, 0.25) is 0 Å². The second kappa shape index (κ2) is 6.03. The molecule has 0 fully saturated rings. The van der Waals surface area contributed by atoms with Gasteiger partial charge in [-0.2, -0.15) is 5.10 Å². The molecule has 108 valence electrons. The second-order valence-corrected chi connectivity index (χ2v) is 6.14. The van der Waals surface area contributed by atoms with Crippen molar-refractivity contribution in [1.82, 2.24) is 19.7 Å².